The second kappa shape index (κ2) is 3.23. The zero-order valence-corrected chi connectivity index (χ0v) is 8.68. The number of anilines is 1. The molecule has 16 heavy (non-hydrogen) atoms. The molecule has 1 aromatic rings. The summed E-state index contributed by atoms with van der Waals surface area (Å²) in [5.74, 6) is -0.845. The van der Waals surface area contributed by atoms with E-state index in [1.165, 1.54) is 0 Å². The van der Waals surface area contributed by atoms with Crippen LogP contribution in [0.3, 0.4) is 0 Å². The summed E-state index contributed by atoms with van der Waals surface area (Å²) in [7, 11) is 0. The third-order valence-corrected chi connectivity index (χ3v) is 3.04. The summed E-state index contributed by atoms with van der Waals surface area (Å²) in [6.45, 7) is 1.53. The summed E-state index contributed by atoms with van der Waals surface area (Å²) in [4.78, 5) is 13.3. The number of carboxylic acids is 1. The Morgan fingerprint density at radius 2 is 2.19 bits per heavy atom. The smallest absolute Gasteiger partial charge is 0.336 e. The van der Waals surface area contributed by atoms with Gasteiger partial charge in [0, 0.05) is 18.7 Å². The molecule has 80 valence electrons. The quantitative estimate of drug-likeness (QED) is 0.775. The molecule has 0 saturated carbocycles. The summed E-state index contributed by atoms with van der Waals surface area (Å²) < 4.78 is 0. The van der Waals surface area contributed by atoms with Crippen LogP contribution in [0.15, 0.2) is 30.4 Å². The van der Waals surface area contributed by atoms with Gasteiger partial charge in [-0.2, -0.15) is 0 Å². The molecule has 3 rings (SSSR count). The maximum absolute atomic E-state index is 11.1. The molecule has 0 spiro atoms. The van der Waals surface area contributed by atoms with Gasteiger partial charge in [-0.05, 0) is 5.56 Å². The standard InChI is InChI=1S/C13H11NO2/c15-13(16)11-6-8-14-7-2-4-9-3-1-5-10(11)12(9)14/h1-6H,7-8H2,(H,15,16). The maximum Gasteiger partial charge on any atom is 0.336 e. The van der Waals surface area contributed by atoms with E-state index < -0.39 is 5.97 Å². The Hall–Kier alpha value is -2.03. The predicted molar refractivity (Wildman–Crippen MR) is 63.3 cm³/mol. The number of carboxylic acid groups (broad SMARTS) is 1. The Balaban J connectivity index is 2.25. The van der Waals surface area contributed by atoms with Crippen molar-refractivity contribution in [3.05, 3.63) is 41.5 Å². The topological polar surface area (TPSA) is 40.5 Å². The zero-order chi connectivity index (χ0) is 11.1. The van der Waals surface area contributed by atoms with E-state index in [1.54, 1.807) is 6.08 Å². The first-order chi connectivity index (χ1) is 7.77. The van der Waals surface area contributed by atoms with Gasteiger partial charge in [-0.15, -0.1) is 0 Å². The average molecular weight is 213 g/mol. The minimum Gasteiger partial charge on any atom is -0.478 e. The maximum atomic E-state index is 11.1. The van der Waals surface area contributed by atoms with E-state index in [-0.39, 0.29) is 0 Å². The Labute approximate surface area is 93.3 Å². The van der Waals surface area contributed by atoms with Crippen molar-refractivity contribution in [2.24, 2.45) is 0 Å². The molecule has 0 unspecified atom stereocenters. The number of para-hydroxylation sites is 1. The molecule has 2 aliphatic heterocycles. The Kier molecular flexibility index (Phi) is 1.86. The fourth-order valence-corrected chi connectivity index (χ4v) is 2.34. The van der Waals surface area contributed by atoms with Crippen LogP contribution in [-0.2, 0) is 4.79 Å². The molecule has 0 saturated heterocycles. The Bertz CT molecular complexity index is 529. The number of hydrogen-bond donors (Lipinski definition) is 1. The van der Waals surface area contributed by atoms with Gasteiger partial charge in [0.05, 0.1) is 11.3 Å². The third kappa shape index (κ3) is 1.18. The monoisotopic (exact) mass is 213 g/mol. The van der Waals surface area contributed by atoms with Crippen molar-refractivity contribution >= 4 is 23.3 Å². The fraction of sp³-hybridized carbons (Fsp3) is 0.154. The first-order valence-electron chi connectivity index (χ1n) is 5.25. The van der Waals surface area contributed by atoms with Crippen LogP contribution in [0, 0.1) is 0 Å². The van der Waals surface area contributed by atoms with E-state index >= 15 is 0 Å². The van der Waals surface area contributed by atoms with Gasteiger partial charge in [0.15, 0.2) is 0 Å². The minimum absolute atomic E-state index is 0.420. The minimum atomic E-state index is -0.845. The molecule has 0 aromatic heterocycles. The molecular weight excluding hydrogens is 202 g/mol. The van der Waals surface area contributed by atoms with Crippen LogP contribution >= 0.6 is 0 Å². The van der Waals surface area contributed by atoms with Gasteiger partial charge in [0.1, 0.15) is 0 Å². The van der Waals surface area contributed by atoms with Gasteiger partial charge < -0.3 is 10.0 Å². The average Bonchev–Trinajstić information content (AvgIpc) is 2.30. The van der Waals surface area contributed by atoms with Crippen molar-refractivity contribution in [2.75, 3.05) is 18.0 Å². The van der Waals surface area contributed by atoms with Gasteiger partial charge in [-0.25, -0.2) is 4.79 Å². The summed E-state index contributed by atoms with van der Waals surface area (Å²) >= 11 is 0. The van der Waals surface area contributed by atoms with Crippen LogP contribution in [0.2, 0.25) is 0 Å². The molecule has 0 amide bonds. The molecule has 0 fully saturated rings. The van der Waals surface area contributed by atoms with E-state index in [0.29, 0.717) is 12.1 Å². The van der Waals surface area contributed by atoms with E-state index in [4.69, 9.17) is 5.11 Å². The van der Waals surface area contributed by atoms with Crippen molar-refractivity contribution in [3.63, 3.8) is 0 Å². The first kappa shape index (κ1) is 9.21. The molecule has 2 heterocycles. The highest BCUT2D eigenvalue weighted by atomic mass is 16.4. The molecule has 3 heteroatoms. The number of hydrogen-bond acceptors (Lipinski definition) is 2. The lowest BCUT2D eigenvalue weighted by Gasteiger charge is -2.32. The molecule has 0 radical (unpaired) electrons. The number of rotatable bonds is 1. The Morgan fingerprint density at radius 1 is 1.31 bits per heavy atom. The number of carbonyl (C=O) groups is 1. The zero-order valence-electron chi connectivity index (χ0n) is 8.68. The first-order valence-corrected chi connectivity index (χ1v) is 5.25. The van der Waals surface area contributed by atoms with Crippen LogP contribution in [0.5, 0.6) is 0 Å². The van der Waals surface area contributed by atoms with Crippen molar-refractivity contribution < 1.29 is 9.90 Å². The Morgan fingerprint density at radius 3 is 3.00 bits per heavy atom. The predicted octanol–water partition coefficient (Wildman–Crippen LogP) is 2.00. The van der Waals surface area contributed by atoms with Crippen LogP contribution in [0.25, 0.3) is 11.6 Å². The lowest BCUT2D eigenvalue weighted by atomic mass is 9.94. The van der Waals surface area contributed by atoms with Crippen LogP contribution in [-0.4, -0.2) is 24.2 Å². The van der Waals surface area contributed by atoms with Crippen molar-refractivity contribution in [1.82, 2.24) is 0 Å². The molecule has 3 nitrogen and oxygen atoms in total. The van der Waals surface area contributed by atoms with E-state index in [9.17, 15) is 4.79 Å². The fourth-order valence-electron chi connectivity index (χ4n) is 2.34. The molecule has 0 bridgehead atoms. The highest BCUT2D eigenvalue weighted by molar-refractivity contribution is 6.18. The molecular formula is C13H11NO2. The van der Waals surface area contributed by atoms with Crippen LogP contribution in [0.4, 0.5) is 5.69 Å². The van der Waals surface area contributed by atoms with Crippen molar-refractivity contribution in [3.8, 4) is 0 Å². The molecule has 1 N–H and O–H groups in total. The van der Waals surface area contributed by atoms with Crippen molar-refractivity contribution in [1.29, 1.82) is 0 Å². The van der Waals surface area contributed by atoms with Gasteiger partial charge in [-0.1, -0.05) is 36.4 Å². The van der Waals surface area contributed by atoms with E-state index in [1.807, 2.05) is 18.2 Å². The second-order valence-electron chi connectivity index (χ2n) is 3.97. The van der Waals surface area contributed by atoms with Crippen molar-refractivity contribution in [2.45, 2.75) is 0 Å². The van der Waals surface area contributed by atoms with E-state index in [0.717, 1.165) is 23.4 Å². The molecule has 1 aromatic carbocycles. The van der Waals surface area contributed by atoms with Crippen LogP contribution < -0.4 is 4.90 Å². The largest absolute Gasteiger partial charge is 0.478 e. The molecule has 2 aliphatic rings. The van der Waals surface area contributed by atoms with Gasteiger partial charge in [-0.3, -0.25) is 0 Å². The highest BCUT2D eigenvalue weighted by Gasteiger charge is 2.25. The molecule has 0 atom stereocenters. The number of aliphatic carboxylic acids is 1. The SMILES string of the molecule is O=C(O)C1=CCN2CC=Cc3cccc1c32. The summed E-state index contributed by atoms with van der Waals surface area (Å²) in [6, 6.07) is 5.81. The summed E-state index contributed by atoms with van der Waals surface area (Å²) in [5.41, 5.74) is 3.42. The second-order valence-corrected chi connectivity index (χ2v) is 3.97. The lowest BCUT2D eigenvalue weighted by molar-refractivity contribution is -0.130. The summed E-state index contributed by atoms with van der Waals surface area (Å²) in [5, 5.41) is 9.15. The molecule has 0 aliphatic carbocycles. The van der Waals surface area contributed by atoms with Gasteiger partial charge >= 0.3 is 5.97 Å². The van der Waals surface area contributed by atoms with E-state index in [2.05, 4.69) is 17.1 Å². The number of nitrogens with zero attached hydrogens (tertiary/aromatic N) is 1. The number of benzene rings is 1. The highest BCUT2D eigenvalue weighted by Crippen LogP contribution is 2.37. The lowest BCUT2D eigenvalue weighted by Crippen LogP contribution is -2.30. The van der Waals surface area contributed by atoms with Crippen LogP contribution in [0.1, 0.15) is 11.1 Å². The third-order valence-electron chi connectivity index (χ3n) is 3.04. The van der Waals surface area contributed by atoms with Gasteiger partial charge in [0.25, 0.3) is 0 Å². The normalized spacial score (nSPS) is 16.8. The summed E-state index contributed by atoms with van der Waals surface area (Å²) in [6.07, 6.45) is 5.94. The van der Waals surface area contributed by atoms with Gasteiger partial charge in [0.2, 0.25) is 0 Å².